The van der Waals surface area contributed by atoms with Crippen LogP contribution in [-0.2, 0) is 4.79 Å². The van der Waals surface area contributed by atoms with Crippen LogP contribution in [-0.4, -0.2) is 27.8 Å². The molecule has 2 aromatic carbocycles. The van der Waals surface area contributed by atoms with Gasteiger partial charge in [0.15, 0.2) is 4.34 Å². The lowest BCUT2D eigenvalue weighted by Gasteiger charge is -2.06. The molecule has 6 nitrogen and oxygen atoms in total. The van der Waals surface area contributed by atoms with Crippen LogP contribution < -0.4 is 10.6 Å². The number of nitrogens with one attached hydrogen (secondary N) is 2. The summed E-state index contributed by atoms with van der Waals surface area (Å²) in [6, 6.07) is 14.9. The lowest BCUT2D eigenvalue weighted by atomic mass is 10.1. The zero-order chi connectivity index (χ0) is 19.2. The van der Waals surface area contributed by atoms with Gasteiger partial charge in [-0.2, -0.15) is 0 Å². The van der Waals surface area contributed by atoms with Gasteiger partial charge >= 0.3 is 0 Å². The van der Waals surface area contributed by atoms with Gasteiger partial charge in [-0.1, -0.05) is 59.5 Å². The second kappa shape index (κ2) is 8.79. The molecule has 0 saturated carbocycles. The number of hydrogen-bond acceptors (Lipinski definition) is 6. The van der Waals surface area contributed by atoms with Gasteiger partial charge in [-0.05, 0) is 37.1 Å². The maximum absolute atomic E-state index is 12.3. The second-order valence-corrected chi connectivity index (χ2v) is 7.99. The summed E-state index contributed by atoms with van der Waals surface area (Å²) in [5.41, 5.74) is 3.29. The monoisotopic (exact) mass is 398 g/mol. The Morgan fingerprint density at radius 2 is 1.67 bits per heavy atom. The van der Waals surface area contributed by atoms with E-state index in [9.17, 15) is 9.59 Å². The first-order valence-corrected chi connectivity index (χ1v) is 10.0. The second-order valence-electron chi connectivity index (χ2n) is 5.79. The summed E-state index contributed by atoms with van der Waals surface area (Å²) in [7, 11) is 0. The summed E-state index contributed by atoms with van der Waals surface area (Å²) in [6.07, 6.45) is 0. The topological polar surface area (TPSA) is 84.0 Å². The Kier molecular flexibility index (Phi) is 6.20. The molecule has 0 fully saturated rings. The summed E-state index contributed by atoms with van der Waals surface area (Å²) in [5, 5.41) is 14.0. The summed E-state index contributed by atoms with van der Waals surface area (Å²) >= 11 is 2.52. The molecule has 0 aliphatic rings. The molecule has 1 heterocycles. The van der Waals surface area contributed by atoms with Gasteiger partial charge in [0, 0.05) is 11.3 Å². The number of carbonyl (C=O) groups is 2. The molecule has 1 aromatic heterocycles. The summed E-state index contributed by atoms with van der Waals surface area (Å²) in [4.78, 5) is 24.4. The van der Waals surface area contributed by atoms with Gasteiger partial charge in [-0.25, -0.2) is 0 Å². The van der Waals surface area contributed by atoms with E-state index in [0.717, 1.165) is 16.8 Å². The van der Waals surface area contributed by atoms with Crippen molar-refractivity contribution in [1.82, 2.24) is 10.2 Å². The van der Waals surface area contributed by atoms with E-state index >= 15 is 0 Å². The Bertz CT molecular complexity index is 972. The van der Waals surface area contributed by atoms with Crippen molar-refractivity contribution in [3.8, 4) is 0 Å². The zero-order valence-electron chi connectivity index (χ0n) is 14.9. The fourth-order valence-electron chi connectivity index (χ4n) is 2.34. The minimum absolute atomic E-state index is 0.116. The number of aryl methyl sites for hydroxylation is 2. The van der Waals surface area contributed by atoms with E-state index in [-0.39, 0.29) is 17.6 Å². The molecule has 3 rings (SSSR count). The highest BCUT2D eigenvalue weighted by Gasteiger charge is 2.13. The van der Waals surface area contributed by atoms with Crippen molar-refractivity contribution in [3.63, 3.8) is 0 Å². The Morgan fingerprint density at radius 3 is 2.41 bits per heavy atom. The number of hydrogen-bond donors (Lipinski definition) is 2. The summed E-state index contributed by atoms with van der Waals surface area (Å²) in [6.45, 7) is 3.82. The molecule has 0 bridgehead atoms. The average molecular weight is 399 g/mol. The van der Waals surface area contributed by atoms with Crippen molar-refractivity contribution in [2.75, 3.05) is 16.4 Å². The highest BCUT2D eigenvalue weighted by molar-refractivity contribution is 8.01. The molecule has 0 saturated heterocycles. The number of thioether (sulfide) groups is 1. The lowest BCUT2D eigenvalue weighted by molar-refractivity contribution is -0.113. The summed E-state index contributed by atoms with van der Waals surface area (Å²) in [5.74, 6) is -0.123. The van der Waals surface area contributed by atoms with E-state index in [2.05, 4.69) is 20.8 Å². The first-order valence-electron chi connectivity index (χ1n) is 8.21. The van der Waals surface area contributed by atoms with Gasteiger partial charge in [0.2, 0.25) is 11.0 Å². The number of carbonyl (C=O) groups excluding carboxylic acids is 2. The summed E-state index contributed by atoms with van der Waals surface area (Å²) < 4.78 is 0.620. The van der Waals surface area contributed by atoms with Crippen LogP contribution in [0.1, 0.15) is 21.5 Å². The fraction of sp³-hybridized carbons (Fsp3) is 0.158. The molecular formula is C19H18N4O2S2. The quantitative estimate of drug-likeness (QED) is 0.482. The van der Waals surface area contributed by atoms with E-state index in [1.165, 1.54) is 23.1 Å². The number of benzene rings is 2. The Hall–Kier alpha value is -2.71. The van der Waals surface area contributed by atoms with E-state index < -0.39 is 0 Å². The maximum Gasteiger partial charge on any atom is 0.257 e. The van der Waals surface area contributed by atoms with Crippen molar-refractivity contribution < 1.29 is 9.59 Å². The van der Waals surface area contributed by atoms with Crippen molar-refractivity contribution >= 4 is 45.7 Å². The first-order chi connectivity index (χ1) is 13.0. The van der Waals surface area contributed by atoms with Gasteiger partial charge in [-0.15, -0.1) is 10.2 Å². The van der Waals surface area contributed by atoms with Gasteiger partial charge < -0.3 is 5.32 Å². The minimum Gasteiger partial charge on any atom is -0.325 e. The molecule has 2 N–H and O–H groups in total. The Balaban J connectivity index is 1.54. The largest absolute Gasteiger partial charge is 0.325 e. The number of amides is 2. The molecule has 0 aliphatic carbocycles. The highest BCUT2D eigenvalue weighted by atomic mass is 32.2. The number of aromatic nitrogens is 2. The van der Waals surface area contributed by atoms with Gasteiger partial charge in [0.05, 0.1) is 5.75 Å². The molecule has 3 aromatic rings. The normalized spacial score (nSPS) is 10.4. The van der Waals surface area contributed by atoms with Crippen LogP contribution >= 0.6 is 23.1 Å². The molecule has 0 unspecified atom stereocenters. The van der Waals surface area contributed by atoms with Crippen LogP contribution in [0, 0.1) is 13.8 Å². The third-order valence-electron chi connectivity index (χ3n) is 3.76. The van der Waals surface area contributed by atoms with Crippen LogP contribution in [0.2, 0.25) is 0 Å². The first kappa shape index (κ1) is 19.1. The molecule has 0 radical (unpaired) electrons. The molecule has 2 amide bonds. The Labute approximate surface area is 165 Å². The molecule has 0 aliphatic heterocycles. The van der Waals surface area contributed by atoms with Crippen molar-refractivity contribution in [1.29, 1.82) is 0 Å². The van der Waals surface area contributed by atoms with E-state index in [1.807, 2.05) is 56.3 Å². The number of para-hydroxylation sites is 1. The molecule has 0 spiro atoms. The fourth-order valence-corrected chi connectivity index (χ4v) is 3.88. The van der Waals surface area contributed by atoms with Crippen LogP contribution in [0.4, 0.5) is 10.8 Å². The van der Waals surface area contributed by atoms with E-state index in [1.54, 1.807) is 6.07 Å². The molecular weight excluding hydrogens is 380 g/mol. The SMILES string of the molecule is Cc1ccccc1NC(=O)CSc1nnc(NC(=O)c2ccccc2C)s1. The molecule has 27 heavy (non-hydrogen) atoms. The molecule has 138 valence electrons. The van der Waals surface area contributed by atoms with Crippen LogP contribution in [0.15, 0.2) is 52.9 Å². The highest BCUT2D eigenvalue weighted by Crippen LogP contribution is 2.26. The third kappa shape index (κ3) is 5.15. The Morgan fingerprint density at radius 1 is 0.963 bits per heavy atom. The maximum atomic E-state index is 12.3. The lowest BCUT2D eigenvalue weighted by Crippen LogP contribution is -2.14. The number of rotatable bonds is 6. The van der Waals surface area contributed by atoms with Gasteiger partial charge in [0.25, 0.3) is 5.91 Å². The predicted octanol–water partition coefficient (Wildman–Crippen LogP) is 4.14. The van der Waals surface area contributed by atoms with Crippen molar-refractivity contribution in [2.24, 2.45) is 0 Å². The smallest absolute Gasteiger partial charge is 0.257 e. The minimum atomic E-state index is -0.224. The van der Waals surface area contributed by atoms with Gasteiger partial charge in [-0.3, -0.25) is 14.9 Å². The number of nitrogens with zero attached hydrogens (tertiary/aromatic N) is 2. The van der Waals surface area contributed by atoms with Crippen molar-refractivity contribution in [2.45, 2.75) is 18.2 Å². The molecule has 0 atom stereocenters. The standard InChI is InChI=1S/C19H18N4O2S2/c1-12-7-3-5-9-14(12)17(25)21-18-22-23-19(27-18)26-11-16(24)20-15-10-6-4-8-13(15)2/h3-10H,11H2,1-2H3,(H,20,24)(H,21,22,25). The number of anilines is 2. The van der Waals surface area contributed by atoms with Crippen molar-refractivity contribution in [3.05, 3.63) is 65.2 Å². The third-order valence-corrected chi connectivity index (χ3v) is 5.73. The van der Waals surface area contributed by atoms with Crippen LogP contribution in [0.5, 0.6) is 0 Å². The van der Waals surface area contributed by atoms with E-state index in [0.29, 0.717) is 15.0 Å². The predicted molar refractivity (Wildman–Crippen MR) is 110 cm³/mol. The zero-order valence-corrected chi connectivity index (χ0v) is 16.5. The van der Waals surface area contributed by atoms with Crippen LogP contribution in [0.25, 0.3) is 0 Å². The average Bonchev–Trinajstić information content (AvgIpc) is 3.09. The van der Waals surface area contributed by atoms with E-state index in [4.69, 9.17) is 0 Å². The molecule has 8 heteroatoms. The van der Waals surface area contributed by atoms with Crippen LogP contribution in [0.3, 0.4) is 0 Å². The van der Waals surface area contributed by atoms with Gasteiger partial charge in [0.1, 0.15) is 0 Å².